The molecule has 0 aliphatic heterocycles. The van der Waals surface area contributed by atoms with Crippen molar-refractivity contribution in [1.82, 2.24) is 0 Å². The molecule has 0 aromatic carbocycles. The van der Waals surface area contributed by atoms with Crippen LogP contribution in [-0.4, -0.2) is 23.9 Å². The highest BCUT2D eigenvalue weighted by Gasteiger charge is 2.41. The number of fused-ring (bicyclic) bond motifs is 2. The quantitative estimate of drug-likeness (QED) is 0.617. The summed E-state index contributed by atoms with van der Waals surface area (Å²) in [5, 5.41) is 8.60. The highest BCUT2D eigenvalue weighted by Crippen LogP contribution is 2.44. The number of aliphatic hydroxyl groups excluding tert-OH is 1. The minimum atomic E-state index is 0.0212. The van der Waals surface area contributed by atoms with Gasteiger partial charge < -0.3 is 9.84 Å². The molecule has 2 bridgehead atoms. The van der Waals surface area contributed by atoms with Crippen molar-refractivity contribution in [1.29, 1.82) is 0 Å². The molecule has 0 amide bonds. The molecular formula is C9H14O2. The number of rotatable bonds is 3. The zero-order valence-corrected chi connectivity index (χ0v) is 6.62. The monoisotopic (exact) mass is 154 g/mol. The van der Waals surface area contributed by atoms with E-state index in [4.69, 9.17) is 9.84 Å². The van der Waals surface area contributed by atoms with Gasteiger partial charge in [0.15, 0.2) is 0 Å². The van der Waals surface area contributed by atoms with E-state index in [-0.39, 0.29) is 12.2 Å². The molecule has 1 saturated carbocycles. The van der Waals surface area contributed by atoms with Crippen LogP contribution in [-0.2, 0) is 4.74 Å². The van der Waals surface area contributed by atoms with Crippen LogP contribution in [0.25, 0.3) is 0 Å². The summed E-state index contributed by atoms with van der Waals surface area (Å²) in [6.45, 7) is 0.622. The van der Waals surface area contributed by atoms with Crippen LogP contribution in [0.5, 0.6) is 0 Å². The second kappa shape index (κ2) is 2.61. The molecule has 1 N–H and O–H groups in total. The maximum absolute atomic E-state index is 8.60. The van der Waals surface area contributed by atoms with Crippen molar-refractivity contribution in [2.75, 3.05) is 13.2 Å². The third-order valence-corrected chi connectivity index (χ3v) is 2.70. The molecule has 0 aromatic rings. The molecule has 0 aromatic heterocycles. The van der Waals surface area contributed by atoms with Gasteiger partial charge in [0.05, 0.1) is 18.8 Å². The summed E-state index contributed by atoms with van der Waals surface area (Å²) >= 11 is 0. The molecular weight excluding hydrogens is 140 g/mol. The van der Waals surface area contributed by atoms with Crippen molar-refractivity contribution in [2.45, 2.75) is 24.9 Å². The van der Waals surface area contributed by atoms with Gasteiger partial charge in [-0.15, -0.1) is 0 Å². The van der Waals surface area contributed by atoms with Crippen LogP contribution in [0.15, 0.2) is 12.2 Å². The number of hydrogen-bond acceptors (Lipinski definition) is 2. The molecule has 0 heterocycles. The van der Waals surface area contributed by atoms with Gasteiger partial charge in [0.25, 0.3) is 0 Å². The third-order valence-electron chi connectivity index (χ3n) is 2.70. The first-order chi connectivity index (χ1) is 5.35. The summed E-state index contributed by atoms with van der Waals surface area (Å²) < 4.78 is 5.59. The Morgan fingerprint density at radius 1 is 1.64 bits per heavy atom. The van der Waals surface area contributed by atoms with Gasteiger partial charge in [0.2, 0.25) is 0 Å². The molecule has 2 heteroatoms. The second-order valence-electron chi connectivity index (χ2n) is 3.50. The van der Waals surface area contributed by atoms with Crippen LogP contribution in [0.2, 0.25) is 0 Å². The van der Waals surface area contributed by atoms with E-state index in [0.29, 0.717) is 6.61 Å². The standard InChI is InChI=1S/C9H14O2/c10-5-6-11-9-3-1-8(7-9)2-4-9/h1,3,8,10H,2,4-7H2. The van der Waals surface area contributed by atoms with Crippen LogP contribution in [0.4, 0.5) is 0 Å². The van der Waals surface area contributed by atoms with Crippen LogP contribution >= 0.6 is 0 Å². The van der Waals surface area contributed by atoms with Crippen molar-refractivity contribution in [3.05, 3.63) is 12.2 Å². The van der Waals surface area contributed by atoms with Crippen molar-refractivity contribution in [3.8, 4) is 0 Å². The van der Waals surface area contributed by atoms with Gasteiger partial charge in [0.1, 0.15) is 0 Å². The van der Waals surface area contributed by atoms with Gasteiger partial charge in [-0.05, 0) is 25.2 Å². The Bertz CT molecular complexity index is 176. The molecule has 2 rings (SSSR count). The van der Waals surface area contributed by atoms with Crippen molar-refractivity contribution < 1.29 is 9.84 Å². The fraction of sp³-hybridized carbons (Fsp3) is 0.778. The molecule has 0 radical (unpaired) electrons. The molecule has 2 unspecified atom stereocenters. The van der Waals surface area contributed by atoms with E-state index in [1.54, 1.807) is 0 Å². The van der Waals surface area contributed by atoms with Crippen molar-refractivity contribution in [3.63, 3.8) is 0 Å². The van der Waals surface area contributed by atoms with E-state index in [0.717, 1.165) is 18.8 Å². The average Bonchev–Trinajstić information content (AvgIpc) is 2.60. The largest absolute Gasteiger partial charge is 0.394 e. The van der Waals surface area contributed by atoms with E-state index in [1.807, 2.05) is 0 Å². The average molecular weight is 154 g/mol. The second-order valence-corrected chi connectivity index (χ2v) is 3.50. The summed E-state index contributed by atoms with van der Waals surface area (Å²) in [7, 11) is 0. The number of hydrogen-bond donors (Lipinski definition) is 1. The lowest BCUT2D eigenvalue weighted by Crippen LogP contribution is -2.26. The topological polar surface area (TPSA) is 29.5 Å². The lowest BCUT2D eigenvalue weighted by atomic mass is 10.0. The zero-order chi connectivity index (χ0) is 7.73. The SMILES string of the molecule is OCCOC12C=CC(CC1)C2. The first-order valence-electron chi connectivity index (χ1n) is 4.29. The van der Waals surface area contributed by atoms with Crippen molar-refractivity contribution in [2.24, 2.45) is 5.92 Å². The number of aliphatic hydroxyl groups is 1. The lowest BCUT2D eigenvalue weighted by molar-refractivity contribution is -0.0180. The summed E-state index contributed by atoms with van der Waals surface area (Å²) in [5.41, 5.74) is 0.0212. The summed E-state index contributed by atoms with van der Waals surface area (Å²) in [6.07, 6.45) is 7.99. The Kier molecular flexibility index (Phi) is 1.74. The lowest BCUT2D eigenvalue weighted by Gasteiger charge is -2.23. The van der Waals surface area contributed by atoms with E-state index in [2.05, 4.69) is 12.2 Å². The Morgan fingerprint density at radius 3 is 3.00 bits per heavy atom. The first-order valence-corrected chi connectivity index (χ1v) is 4.29. The Labute approximate surface area is 66.9 Å². The van der Waals surface area contributed by atoms with Gasteiger partial charge in [0, 0.05) is 0 Å². The molecule has 1 fully saturated rings. The molecule has 11 heavy (non-hydrogen) atoms. The summed E-state index contributed by atoms with van der Waals surface area (Å²) in [5.74, 6) is 0.758. The Balaban J connectivity index is 1.95. The highest BCUT2D eigenvalue weighted by molar-refractivity contribution is 5.18. The molecule has 2 nitrogen and oxygen atoms in total. The molecule has 2 atom stereocenters. The van der Waals surface area contributed by atoms with Crippen LogP contribution in [0.1, 0.15) is 19.3 Å². The van der Waals surface area contributed by atoms with E-state index in [9.17, 15) is 0 Å². The predicted octanol–water partition coefficient (Wildman–Crippen LogP) is 1.10. The smallest absolute Gasteiger partial charge is 0.0869 e. The zero-order valence-electron chi connectivity index (χ0n) is 6.62. The van der Waals surface area contributed by atoms with Gasteiger partial charge >= 0.3 is 0 Å². The molecule has 62 valence electrons. The van der Waals surface area contributed by atoms with E-state index >= 15 is 0 Å². The summed E-state index contributed by atoms with van der Waals surface area (Å²) in [4.78, 5) is 0. The van der Waals surface area contributed by atoms with E-state index < -0.39 is 0 Å². The van der Waals surface area contributed by atoms with Crippen LogP contribution in [0.3, 0.4) is 0 Å². The number of ether oxygens (including phenoxy) is 1. The van der Waals surface area contributed by atoms with Gasteiger partial charge in [-0.25, -0.2) is 0 Å². The molecule has 0 spiro atoms. The maximum Gasteiger partial charge on any atom is 0.0869 e. The maximum atomic E-state index is 8.60. The molecule has 0 saturated heterocycles. The molecule has 2 aliphatic carbocycles. The predicted molar refractivity (Wildman–Crippen MR) is 42.2 cm³/mol. The van der Waals surface area contributed by atoms with E-state index in [1.165, 1.54) is 6.42 Å². The third kappa shape index (κ3) is 1.21. The molecule has 2 aliphatic rings. The van der Waals surface area contributed by atoms with Crippen LogP contribution in [0, 0.1) is 5.92 Å². The highest BCUT2D eigenvalue weighted by atomic mass is 16.5. The summed E-state index contributed by atoms with van der Waals surface area (Å²) in [6, 6.07) is 0. The fourth-order valence-electron chi connectivity index (χ4n) is 2.13. The van der Waals surface area contributed by atoms with Gasteiger partial charge in [-0.2, -0.15) is 0 Å². The normalized spacial score (nSPS) is 40.3. The number of allylic oxidation sites excluding steroid dienone is 1. The Morgan fingerprint density at radius 2 is 2.55 bits per heavy atom. The fourth-order valence-corrected chi connectivity index (χ4v) is 2.13. The first kappa shape index (κ1) is 7.32. The Hall–Kier alpha value is -0.340. The minimum Gasteiger partial charge on any atom is -0.394 e. The van der Waals surface area contributed by atoms with Gasteiger partial charge in [-0.1, -0.05) is 12.2 Å². The van der Waals surface area contributed by atoms with Gasteiger partial charge in [-0.3, -0.25) is 0 Å². The minimum absolute atomic E-state index is 0.0212. The van der Waals surface area contributed by atoms with Crippen molar-refractivity contribution >= 4 is 0 Å². The van der Waals surface area contributed by atoms with Crippen LogP contribution < -0.4 is 0 Å².